The standard InChI is InChI=1S/C11H11FN4OS2/c1-6(18-11-14-5-15-19-11)10(17)16-9-4-7(13)2-3-8(9)12/h2-6H,13H2,1H3,(H,16,17). The number of thioether (sulfide) groups is 1. The molecule has 0 bridgehead atoms. The summed E-state index contributed by atoms with van der Waals surface area (Å²) in [5.41, 5.74) is 6.02. The minimum atomic E-state index is -0.518. The third-order valence-electron chi connectivity index (χ3n) is 2.24. The summed E-state index contributed by atoms with van der Waals surface area (Å²) in [4.78, 5) is 15.9. The molecule has 1 heterocycles. The van der Waals surface area contributed by atoms with E-state index in [9.17, 15) is 9.18 Å². The Labute approximate surface area is 117 Å². The monoisotopic (exact) mass is 298 g/mol. The number of carbonyl (C=O) groups excluding carboxylic acids is 1. The molecule has 0 spiro atoms. The van der Waals surface area contributed by atoms with Gasteiger partial charge in [-0.25, -0.2) is 9.37 Å². The van der Waals surface area contributed by atoms with Crippen LogP contribution in [0.5, 0.6) is 0 Å². The first-order valence-electron chi connectivity index (χ1n) is 5.35. The van der Waals surface area contributed by atoms with E-state index in [1.54, 1.807) is 6.92 Å². The van der Waals surface area contributed by atoms with E-state index < -0.39 is 11.1 Å². The van der Waals surface area contributed by atoms with Gasteiger partial charge in [-0.15, -0.1) is 0 Å². The van der Waals surface area contributed by atoms with Crippen molar-refractivity contribution in [2.24, 2.45) is 0 Å². The highest BCUT2D eigenvalue weighted by molar-refractivity contribution is 8.02. The van der Waals surface area contributed by atoms with E-state index >= 15 is 0 Å². The van der Waals surface area contributed by atoms with E-state index in [0.29, 0.717) is 10.0 Å². The zero-order valence-corrected chi connectivity index (χ0v) is 11.6. The van der Waals surface area contributed by atoms with Gasteiger partial charge in [0.25, 0.3) is 0 Å². The topological polar surface area (TPSA) is 80.9 Å². The van der Waals surface area contributed by atoms with E-state index in [1.165, 1.54) is 47.8 Å². The molecule has 1 aromatic carbocycles. The lowest BCUT2D eigenvalue weighted by atomic mass is 10.2. The number of amides is 1. The van der Waals surface area contributed by atoms with Crippen LogP contribution in [-0.2, 0) is 4.79 Å². The summed E-state index contributed by atoms with van der Waals surface area (Å²) >= 11 is 2.48. The molecule has 3 N–H and O–H groups in total. The SMILES string of the molecule is CC(Sc1ncns1)C(=O)Nc1cc(N)ccc1F. The zero-order valence-electron chi connectivity index (χ0n) is 9.96. The maximum absolute atomic E-state index is 13.5. The number of benzene rings is 1. The van der Waals surface area contributed by atoms with Gasteiger partial charge in [0.15, 0.2) is 4.34 Å². The van der Waals surface area contributed by atoms with Gasteiger partial charge in [-0.1, -0.05) is 11.8 Å². The molecule has 100 valence electrons. The van der Waals surface area contributed by atoms with Crippen molar-refractivity contribution in [2.45, 2.75) is 16.5 Å². The van der Waals surface area contributed by atoms with Crippen LogP contribution in [0.3, 0.4) is 0 Å². The first-order valence-corrected chi connectivity index (χ1v) is 7.01. The molecular weight excluding hydrogens is 287 g/mol. The summed E-state index contributed by atoms with van der Waals surface area (Å²) in [7, 11) is 0. The van der Waals surface area contributed by atoms with E-state index in [1.807, 2.05) is 0 Å². The average Bonchev–Trinajstić information content (AvgIpc) is 2.86. The van der Waals surface area contributed by atoms with Gasteiger partial charge in [-0.05, 0) is 36.7 Å². The van der Waals surface area contributed by atoms with Gasteiger partial charge >= 0.3 is 0 Å². The molecule has 0 aliphatic carbocycles. The highest BCUT2D eigenvalue weighted by atomic mass is 32.2. The van der Waals surface area contributed by atoms with Crippen molar-refractivity contribution in [1.29, 1.82) is 0 Å². The summed E-state index contributed by atoms with van der Waals surface area (Å²) < 4.78 is 18.0. The van der Waals surface area contributed by atoms with Crippen LogP contribution in [0, 0.1) is 5.82 Å². The molecule has 19 heavy (non-hydrogen) atoms. The smallest absolute Gasteiger partial charge is 0.237 e. The summed E-state index contributed by atoms with van der Waals surface area (Å²) in [6, 6.07) is 4.04. The van der Waals surface area contributed by atoms with Crippen molar-refractivity contribution < 1.29 is 9.18 Å². The number of anilines is 2. The lowest BCUT2D eigenvalue weighted by molar-refractivity contribution is -0.115. The fourth-order valence-electron chi connectivity index (χ4n) is 1.29. The van der Waals surface area contributed by atoms with Crippen LogP contribution in [0.1, 0.15) is 6.92 Å². The predicted octanol–water partition coefficient (Wildman–Crippen LogP) is 2.38. The molecule has 0 fully saturated rings. The number of hydrogen-bond donors (Lipinski definition) is 2. The molecule has 0 aliphatic heterocycles. The number of nitrogens with one attached hydrogen (secondary N) is 1. The van der Waals surface area contributed by atoms with Crippen LogP contribution in [0.15, 0.2) is 28.9 Å². The molecule has 2 rings (SSSR count). The quantitative estimate of drug-likeness (QED) is 0.669. The van der Waals surface area contributed by atoms with Crippen molar-refractivity contribution >= 4 is 40.6 Å². The van der Waals surface area contributed by atoms with Crippen LogP contribution in [-0.4, -0.2) is 20.5 Å². The normalized spacial score (nSPS) is 12.1. The summed E-state index contributed by atoms with van der Waals surface area (Å²) in [5.74, 6) is -0.833. The van der Waals surface area contributed by atoms with E-state index in [4.69, 9.17) is 5.73 Å². The van der Waals surface area contributed by atoms with Crippen molar-refractivity contribution in [1.82, 2.24) is 9.36 Å². The molecule has 0 aliphatic rings. The van der Waals surface area contributed by atoms with Gasteiger partial charge in [-0.2, -0.15) is 4.37 Å². The van der Waals surface area contributed by atoms with Crippen molar-refractivity contribution in [2.75, 3.05) is 11.1 Å². The van der Waals surface area contributed by atoms with Crippen molar-refractivity contribution in [3.05, 3.63) is 30.3 Å². The van der Waals surface area contributed by atoms with E-state index in [-0.39, 0.29) is 11.6 Å². The third kappa shape index (κ3) is 3.65. The Kier molecular flexibility index (Phi) is 4.33. The minimum absolute atomic E-state index is 0.0784. The molecule has 1 atom stereocenters. The highest BCUT2D eigenvalue weighted by Gasteiger charge is 2.17. The van der Waals surface area contributed by atoms with Crippen molar-refractivity contribution in [3.63, 3.8) is 0 Å². The Morgan fingerprint density at radius 3 is 3.05 bits per heavy atom. The summed E-state index contributed by atoms with van der Waals surface area (Å²) in [5, 5.41) is 2.10. The van der Waals surface area contributed by atoms with Gasteiger partial charge < -0.3 is 11.1 Å². The molecule has 1 amide bonds. The van der Waals surface area contributed by atoms with Gasteiger partial charge in [0.2, 0.25) is 5.91 Å². The first kappa shape index (κ1) is 13.8. The van der Waals surface area contributed by atoms with E-state index in [2.05, 4.69) is 14.7 Å². The van der Waals surface area contributed by atoms with Gasteiger partial charge in [0.1, 0.15) is 12.1 Å². The lowest BCUT2D eigenvalue weighted by Crippen LogP contribution is -2.23. The Bertz CT molecular complexity index is 576. The second-order valence-electron chi connectivity index (χ2n) is 3.70. The minimum Gasteiger partial charge on any atom is -0.399 e. The maximum Gasteiger partial charge on any atom is 0.237 e. The number of nitrogen functional groups attached to an aromatic ring is 1. The number of rotatable bonds is 4. The lowest BCUT2D eigenvalue weighted by Gasteiger charge is -2.11. The van der Waals surface area contributed by atoms with Crippen LogP contribution in [0.4, 0.5) is 15.8 Å². The third-order valence-corrected chi connectivity index (χ3v) is 4.08. The van der Waals surface area contributed by atoms with Gasteiger partial charge in [0, 0.05) is 5.69 Å². The Balaban J connectivity index is 2.02. The fraction of sp³-hybridized carbons (Fsp3) is 0.182. The molecule has 0 saturated carbocycles. The maximum atomic E-state index is 13.5. The molecule has 0 saturated heterocycles. The Morgan fingerprint density at radius 2 is 2.37 bits per heavy atom. The van der Waals surface area contributed by atoms with Crippen LogP contribution >= 0.6 is 23.3 Å². The molecule has 2 aromatic rings. The number of nitrogens with two attached hydrogens (primary N) is 1. The molecule has 8 heteroatoms. The molecule has 5 nitrogen and oxygen atoms in total. The summed E-state index contributed by atoms with van der Waals surface area (Å²) in [6.07, 6.45) is 1.43. The van der Waals surface area contributed by atoms with Crippen molar-refractivity contribution in [3.8, 4) is 0 Å². The molecular formula is C11H11FN4OS2. The van der Waals surface area contributed by atoms with Crippen LogP contribution in [0.25, 0.3) is 0 Å². The molecule has 1 unspecified atom stereocenters. The predicted molar refractivity (Wildman–Crippen MR) is 74.7 cm³/mol. The fourth-order valence-corrected chi connectivity index (χ4v) is 2.88. The first-order chi connectivity index (χ1) is 9.06. The van der Waals surface area contributed by atoms with Gasteiger partial charge in [0.05, 0.1) is 10.9 Å². The van der Waals surface area contributed by atoms with Gasteiger partial charge in [-0.3, -0.25) is 4.79 Å². The number of hydrogen-bond acceptors (Lipinski definition) is 6. The largest absolute Gasteiger partial charge is 0.399 e. The number of aromatic nitrogens is 2. The number of nitrogens with zero attached hydrogens (tertiary/aromatic N) is 2. The molecule has 1 aromatic heterocycles. The average molecular weight is 298 g/mol. The van der Waals surface area contributed by atoms with Crippen LogP contribution in [0.2, 0.25) is 0 Å². The zero-order chi connectivity index (χ0) is 13.8. The summed E-state index contributed by atoms with van der Waals surface area (Å²) in [6.45, 7) is 1.71. The van der Waals surface area contributed by atoms with Crippen LogP contribution < -0.4 is 11.1 Å². The second kappa shape index (κ2) is 5.98. The second-order valence-corrected chi connectivity index (χ2v) is 6.06. The highest BCUT2D eigenvalue weighted by Crippen LogP contribution is 2.25. The number of halogens is 1. The van der Waals surface area contributed by atoms with E-state index in [0.717, 1.165) is 0 Å². The molecule has 0 radical (unpaired) electrons. The number of carbonyl (C=O) groups is 1. The Hall–Kier alpha value is -1.67. The Morgan fingerprint density at radius 1 is 1.58 bits per heavy atom.